The van der Waals surface area contributed by atoms with Crippen LogP contribution in [0.25, 0.3) is 21.8 Å². The molecule has 0 unspecified atom stereocenters. The Hall–Kier alpha value is -2.60. The Morgan fingerprint density at radius 2 is 2.05 bits per heavy atom. The number of aromatic nitrogens is 2. The molecule has 3 aromatic rings. The first kappa shape index (κ1) is 13.4. The number of aromatic carboxylic acids is 1. The van der Waals surface area contributed by atoms with Crippen LogP contribution in [0, 0.1) is 0 Å². The molecule has 0 saturated carbocycles. The van der Waals surface area contributed by atoms with E-state index in [0.29, 0.717) is 16.5 Å². The van der Waals surface area contributed by atoms with Gasteiger partial charge >= 0.3 is 5.97 Å². The van der Waals surface area contributed by atoms with E-state index in [-0.39, 0.29) is 28.1 Å². The lowest BCUT2D eigenvalue weighted by atomic mass is 10.0. The first-order valence-electron chi connectivity index (χ1n) is 6.02. The normalized spacial score (nSPS) is 11.1. The Labute approximate surface area is 122 Å². The van der Waals surface area contributed by atoms with Crippen LogP contribution in [0.5, 0.6) is 0 Å². The minimum atomic E-state index is -1.15. The zero-order valence-corrected chi connectivity index (χ0v) is 11.3. The van der Waals surface area contributed by atoms with Gasteiger partial charge in [0.2, 0.25) is 0 Å². The molecule has 0 fully saturated rings. The molecule has 0 saturated heterocycles. The standard InChI is InChI=1S/C14H9ClN2O4/c15-4-10(18)6-1-2-9-7(3-6)11-8(14(20)21)5-16-12(11)13(19)17-9/h1-3,5,16H,4H2,(H,17,19)(H,20,21). The average Bonchev–Trinajstić information content (AvgIpc) is 2.92. The van der Waals surface area contributed by atoms with Gasteiger partial charge in [-0.1, -0.05) is 0 Å². The van der Waals surface area contributed by atoms with E-state index < -0.39 is 11.5 Å². The number of aromatic amines is 2. The first-order chi connectivity index (χ1) is 10.0. The Morgan fingerprint density at radius 3 is 2.71 bits per heavy atom. The lowest BCUT2D eigenvalue weighted by Gasteiger charge is -2.04. The molecule has 1 aromatic carbocycles. The largest absolute Gasteiger partial charge is 0.478 e. The minimum Gasteiger partial charge on any atom is -0.478 e. The maximum absolute atomic E-state index is 11.9. The number of fused-ring (bicyclic) bond motifs is 3. The maximum Gasteiger partial charge on any atom is 0.337 e. The number of carboxylic acids is 1. The van der Waals surface area contributed by atoms with E-state index in [0.717, 1.165) is 0 Å². The van der Waals surface area contributed by atoms with Gasteiger partial charge in [-0.3, -0.25) is 9.59 Å². The highest BCUT2D eigenvalue weighted by Crippen LogP contribution is 2.25. The Balaban J connectivity index is 2.48. The average molecular weight is 305 g/mol. The quantitative estimate of drug-likeness (QED) is 0.509. The fourth-order valence-corrected chi connectivity index (χ4v) is 2.50. The number of H-pyrrole nitrogens is 2. The fraction of sp³-hybridized carbons (Fsp3) is 0.0714. The number of hydrogen-bond acceptors (Lipinski definition) is 3. The summed E-state index contributed by atoms with van der Waals surface area (Å²) in [6.07, 6.45) is 1.26. The van der Waals surface area contributed by atoms with E-state index in [1.807, 2.05) is 0 Å². The molecule has 0 bridgehead atoms. The Morgan fingerprint density at radius 1 is 1.29 bits per heavy atom. The summed E-state index contributed by atoms with van der Waals surface area (Å²) in [7, 11) is 0. The number of benzene rings is 1. The highest BCUT2D eigenvalue weighted by Gasteiger charge is 2.17. The van der Waals surface area contributed by atoms with Gasteiger partial charge in [-0.15, -0.1) is 11.6 Å². The van der Waals surface area contributed by atoms with Gasteiger partial charge in [0.1, 0.15) is 5.52 Å². The predicted octanol–water partition coefficient (Wildman–Crippen LogP) is 2.13. The number of halogens is 1. The highest BCUT2D eigenvalue weighted by atomic mass is 35.5. The number of carbonyl (C=O) groups is 2. The molecule has 2 aromatic heterocycles. The molecular weight excluding hydrogens is 296 g/mol. The lowest BCUT2D eigenvalue weighted by Crippen LogP contribution is -2.08. The number of nitrogens with one attached hydrogen (secondary N) is 2. The number of ketones is 1. The maximum atomic E-state index is 11.9. The number of alkyl halides is 1. The van der Waals surface area contributed by atoms with Crippen molar-refractivity contribution in [3.05, 3.63) is 45.9 Å². The molecular formula is C14H9ClN2O4. The van der Waals surface area contributed by atoms with E-state index in [9.17, 15) is 19.5 Å². The number of carboxylic acid groups (broad SMARTS) is 1. The van der Waals surface area contributed by atoms with Crippen molar-refractivity contribution in [3.8, 4) is 0 Å². The second kappa shape index (κ2) is 4.75. The van der Waals surface area contributed by atoms with Crippen molar-refractivity contribution in [2.24, 2.45) is 0 Å². The van der Waals surface area contributed by atoms with Crippen molar-refractivity contribution < 1.29 is 14.7 Å². The van der Waals surface area contributed by atoms with Crippen LogP contribution < -0.4 is 5.56 Å². The molecule has 0 radical (unpaired) electrons. The molecule has 3 N–H and O–H groups in total. The first-order valence-corrected chi connectivity index (χ1v) is 6.56. The van der Waals surface area contributed by atoms with Crippen LogP contribution in [0.2, 0.25) is 0 Å². The number of pyridine rings is 1. The van der Waals surface area contributed by atoms with Gasteiger partial charge in [0, 0.05) is 28.0 Å². The molecule has 7 heteroatoms. The SMILES string of the molecule is O=C(CCl)c1ccc2[nH]c(=O)c3[nH]cc(C(=O)O)c3c2c1. The molecule has 0 aliphatic heterocycles. The molecule has 3 rings (SSSR count). The monoisotopic (exact) mass is 304 g/mol. The van der Waals surface area contributed by atoms with Crippen LogP contribution in [0.15, 0.2) is 29.2 Å². The Kier molecular flexibility index (Phi) is 3.03. The van der Waals surface area contributed by atoms with Crippen LogP contribution >= 0.6 is 11.6 Å². The summed E-state index contributed by atoms with van der Waals surface area (Å²) in [5, 5.41) is 9.99. The summed E-state index contributed by atoms with van der Waals surface area (Å²) in [6.45, 7) is 0. The molecule has 0 aliphatic rings. The molecule has 0 amide bonds. The van der Waals surface area contributed by atoms with Gasteiger partial charge in [0.15, 0.2) is 5.78 Å². The van der Waals surface area contributed by atoms with Crippen molar-refractivity contribution in [2.45, 2.75) is 0 Å². The lowest BCUT2D eigenvalue weighted by molar-refractivity contribution is 0.0699. The number of Topliss-reactive ketones (excluding diaryl/α,β-unsaturated/α-hetero) is 1. The van der Waals surface area contributed by atoms with Crippen molar-refractivity contribution in [1.29, 1.82) is 0 Å². The van der Waals surface area contributed by atoms with Gasteiger partial charge < -0.3 is 15.1 Å². The molecule has 106 valence electrons. The van der Waals surface area contributed by atoms with Gasteiger partial charge in [-0.25, -0.2) is 4.79 Å². The van der Waals surface area contributed by atoms with Crippen LogP contribution in [-0.4, -0.2) is 32.7 Å². The summed E-state index contributed by atoms with van der Waals surface area (Å²) in [4.78, 5) is 40.2. The molecule has 0 spiro atoms. The van der Waals surface area contributed by atoms with Crippen LogP contribution in [0.1, 0.15) is 20.7 Å². The third kappa shape index (κ3) is 2.00. The van der Waals surface area contributed by atoms with Crippen molar-refractivity contribution in [1.82, 2.24) is 9.97 Å². The molecule has 0 aliphatic carbocycles. The molecule has 2 heterocycles. The smallest absolute Gasteiger partial charge is 0.337 e. The van der Waals surface area contributed by atoms with Crippen LogP contribution in [0.3, 0.4) is 0 Å². The summed E-state index contributed by atoms with van der Waals surface area (Å²) in [5.41, 5.74) is 0.553. The summed E-state index contributed by atoms with van der Waals surface area (Å²) in [6, 6.07) is 4.65. The van der Waals surface area contributed by atoms with Crippen LogP contribution in [0.4, 0.5) is 0 Å². The minimum absolute atomic E-state index is 0.0171. The van der Waals surface area contributed by atoms with Gasteiger partial charge in [0.25, 0.3) is 5.56 Å². The highest BCUT2D eigenvalue weighted by molar-refractivity contribution is 6.30. The second-order valence-corrected chi connectivity index (χ2v) is 4.80. The van der Waals surface area contributed by atoms with E-state index in [4.69, 9.17) is 11.6 Å². The third-order valence-electron chi connectivity index (χ3n) is 3.32. The van der Waals surface area contributed by atoms with Crippen molar-refractivity contribution >= 4 is 45.2 Å². The van der Waals surface area contributed by atoms with Gasteiger partial charge in [0.05, 0.1) is 11.4 Å². The summed E-state index contributed by atoms with van der Waals surface area (Å²) < 4.78 is 0. The number of carbonyl (C=O) groups excluding carboxylic acids is 1. The van der Waals surface area contributed by atoms with Crippen molar-refractivity contribution in [3.63, 3.8) is 0 Å². The molecule has 21 heavy (non-hydrogen) atoms. The van der Waals surface area contributed by atoms with E-state index in [1.54, 1.807) is 18.2 Å². The summed E-state index contributed by atoms with van der Waals surface area (Å²) >= 11 is 5.53. The predicted molar refractivity (Wildman–Crippen MR) is 78.4 cm³/mol. The van der Waals surface area contributed by atoms with Crippen LogP contribution in [-0.2, 0) is 0 Å². The fourth-order valence-electron chi connectivity index (χ4n) is 2.35. The number of hydrogen-bond donors (Lipinski definition) is 3. The zero-order chi connectivity index (χ0) is 15.1. The van der Waals surface area contributed by atoms with E-state index >= 15 is 0 Å². The van der Waals surface area contributed by atoms with E-state index in [2.05, 4.69) is 9.97 Å². The zero-order valence-electron chi connectivity index (χ0n) is 10.6. The second-order valence-electron chi connectivity index (χ2n) is 4.53. The third-order valence-corrected chi connectivity index (χ3v) is 3.56. The van der Waals surface area contributed by atoms with Gasteiger partial charge in [-0.05, 0) is 18.2 Å². The molecule has 6 nitrogen and oxygen atoms in total. The van der Waals surface area contributed by atoms with E-state index in [1.165, 1.54) is 6.20 Å². The van der Waals surface area contributed by atoms with Gasteiger partial charge in [-0.2, -0.15) is 0 Å². The Bertz CT molecular complexity index is 955. The molecule has 0 atom stereocenters. The van der Waals surface area contributed by atoms with Crippen molar-refractivity contribution in [2.75, 3.05) is 5.88 Å². The number of rotatable bonds is 3. The summed E-state index contributed by atoms with van der Waals surface area (Å²) in [5.74, 6) is -1.59. The topological polar surface area (TPSA) is 103 Å².